The molecular weight excluding hydrogens is 208 g/mol. The highest BCUT2D eigenvalue weighted by molar-refractivity contribution is 4.78. The fourth-order valence-corrected chi connectivity index (χ4v) is 3.59. The zero-order valence-electron chi connectivity index (χ0n) is 11.8. The lowest BCUT2D eigenvalue weighted by atomic mass is 9.87. The first kappa shape index (κ1) is 13.4. The monoisotopic (exact) mass is 238 g/mol. The molecule has 0 aliphatic heterocycles. The lowest BCUT2D eigenvalue weighted by molar-refractivity contribution is 0.231. The van der Waals surface area contributed by atoms with Crippen LogP contribution >= 0.6 is 0 Å². The van der Waals surface area contributed by atoms with Gasteiger partial charge in [0.15, 0.2) is 0 Å². The summed E-state index contributed by atoms with van der Waals surface area (Å²) >= 11 is 0. The third-order valence-electron chi connectivity index (χ3n) is 4.78. The van der Waals surface area contributed by atoms with Crippen LogP contribution in [0.4, 0.5) is 0 Å². The van der Waals surface area contributed by atoms with Gasteiger partial charge in [-0.05, 0) is 38.6 Å². The Balaban J connectivity index is 1.58. The Morgan fingerprint density at radius 1 is 1.06 bits per heavy atom. The molecule has 2 aliphatic carbocycles. The molecule has 2 heteroatoms. The van der Waals surface area contributed by atoms with Gasteiger partial charge in [-0.3, -0.25) is 0 Å². The zero-order valence-corrected chi connectivity index (χ0v) is 11.8. The number of nitrogens with zero attached hydrogens (tertiary/aromatic N) is 1. The molecule has 0 spiro atoms. The minimum atomic E-state index is 0.802. The minimum Gasteiger partial charge on any atom is -0.313 e. The number of rotatable bonds is 5. The second-order valence-electron chi connectivity index (χ2n) is 6.34. The van der Waals surface area contributed by atoms with Gasteiger partial charge in [-0.15, -0.1) is 0 Å². The summed E-state index contributed by atoms with van der Waals surface area (Å²) in [6.07, 6.45) is 11.4. The molecule has 0 aromatic heterocycles. The van der Waals surface area contributed by atoms with E-state index < -0.39 is 0 Å². The van der Waals surface area contributed by atoms with E-state index in [1.54, 1.807) is 0 Å². The van der Waals surface area contributed by atoms with Gasteiger partial charge < -0.3 is 10.2 Å². The second kappa shape index (κ2) is 6.75. The van der Waals surface area contributed by atoms with Crippen LogP contribution in [0.2, 0.25) is 0 Å². The Morgan fingerprint density at radius 2 is 1.82 bits per heavy atom. The SMILES string of the molecule is CC1CCCC(NCCN(C)C2CCCC2)C1. The van der Waals surface area contributed by atoms with Crippen molar-refractivity contribution in [1.29, 1.82) is 0 Å². The van der Waals surface area contributed by atoms with Crippen molar-refractivity contribution in [2.75, 3.05) is 20.1 Å². The molecule has 2 aliphatic rings. The fraction of sp³-hybridized carbons (Fsp3) is 1.00. The molecule has 100 valence electrons. The lowest BCUT2D eigenvalue weighted by Crippen LogP contribution is -2.40. The Kier molecular flexibility index (Phi) is 5.30. The van der Waals surface area contributed by atoms with Gasteiger partial charge in [0.05, 0.1) is 0 Å². The number of nitrogens with one attached hydrogen (secondary N) is 1. The third-order valence-corrected chi connectivity index (χ3v) is 4.78. The van der Waals surface area contributed by atoms with E-state index in [-0.39, 0.29) is 0 Å². The molecule has 2 fully saturated rings. The number of hydrogen-bond acceptors (Lipinski definition) is 2. The first-order valence-electron chi connectivity index (χ1n) is 7.69. The molecule has 0 amide bonds. The minimum absolute atomic E-state index is 0.802. The summed E-state index contributed by atoms with van der Waals surface area (Å²) in [7, 11) is 2.31. The maximum atomic E-state index is 3.76. The van der Waals surface area contributed by atoms with Crippen molar-refractivity contribution >= 4 is 0 Å². The molecule has 17 heavy (non-hydrogen) atoms. The molecular formula is C15H30N2. The Bertz CT molecular complexity index is 209. The summed E-state index contributed by atoms with van der Waals surface area (Å²) in [5.41, 5.74) is 0. The van der Waals surface area contributed by atoms with E-state index in [4.69, 9.17) is 0 Å². The van der Waals surface area contributed by atoms with E-state index in [2.05, 4.69) is 24.2 Å². The average Bonchev–Trinajstić information content (AvgIpc) is 2.82. The van der Waals surface area contributed by atoms with Gasteiger partial charge in [-0.1, -0.05) is 32.6 Å². The van der Waals surface area contributed by atoms with Crippen molar-refractivity contribution in [3.63, 3.8) is 0 Å². The van der Waals surface area contributed by atoms with E-state index in [1.807, 2.05) is 0 Å². The van der Waals surface area contributed by atoms with Crippen LogP contribution in [0.5, 0.6) is 0 Å². The van der Waals surface area contributed by atoms with Gasteiger partial charge >= 0.3 is 0 Å². The summed E-state index contributed by atoms with van der Waals surface area (Å²) in [5, 5.41) is 3.76. The smallest absolute Gasteiger partial charge is 0.0107 e. The van der Waals surface area contributed by atoms with Crippen molar-refractivity contribution in [2.24, 2.45) is 5.92 Å². The van der Waals surface area contributed by atoms with Crippen molar-refractivity contribution in [3.8, 4) is 0 Å². The van der Waals surface area contributed by atoms with Gasteiger partial charge in [0, 0.05) is 25.2 Å². The Hall–Kier alpha value is -0.0800. The molecule has 0 aromatic rings. The van der Waals surface area contributed by atoms with Gasteiger partial charge in [0.25, 0.3) is 0 Å². The quantitative estimate of drug-likeness (QED) is 0.792. The molecule has 1 N–H and O–H groups in total. The van der Waals surface area contributed by atoms with E-state index in [0.717, 1.165) is 18.0 Å². The second-order valence-corrected chi connectivity index (χ2v) is 6.34. The highest BCUT2D eigenvalue weighted by Crippen LogP contribution is 2.24. The van der Waals surface area contributed by atoms with E-state index in [0.29, 0.717) is 0 Å². The molecule has 2 nitrogen and oxygen atoms in total. The topological polar surface area (TPSA) is 15.3 Å². The molecule has 0 aromatic carbocycles. The zero-order chi connectivity index (χ0) is 12.1. The van der Waals surface area contributed by atoms with Gasteiger partial charge in [-0.25, -0.2) is 0 Å². The standard InChI is InChI=1S/C15H30N2/c1-13-6-5-7-14(12-13)16-10-11-17(2)15-8-3-4-9-15/h13-16H,3-12H2,1-2H3. The first-order chi connectivity index (χ1) is 8.25. The maximum absolute atomic E-state index is 3.76. The predicted molar refractivity (Wildman–Crippen MR) is 74.3 cm³/mol. The van der Waals surface area contributed by atoms with Crippen molar-refractivity contribution in [3.05, 3.63) is 0 Å². The summed E-state index contributed by atoms with van der Waals surface area (Å²) < 4.78 is 0. The number of hydrogen-bond donors (Lipinski definition) is 1. The van der Waals surface area contributed by atoms with Crippen LogP contribution < -0.4 is 5.32 Å². The average molecular weight is 238 g/mol. The fourth-order valence-electron chi connectivity index (χ4n) is 3.59. The highest BCUT2D eigenvalue weighted by Gasteiger charge is 2.20. The van der Waals surface area contributed by atoms with Gasteiger partial charge in [0.2, 0.25) is 0 Å². The first-order valence-corrected chi connectivity index (χ1v) is 7.69. The van der Waals surface area contributed by atoms with E-state index >= 15 is 0 Å². The summed E-state index contributed by atoms with van der Waals surface area (Å²) in [5.74, 6) is 0.939. The van der Waals surface area contributed by atoms with Gasteiger partial charge in [0.1, 0.15) is 0 Å². The Morgan fingerprint density at radius 3 is 2.53 bits per heavy atom. The molecule has 0 radical (unpaired) electrons. The lowest BCUT2D eigenvalue weighted by Gasteiger charge is -2.29. The van der Waals surface area contributed by atoms with Crippen LogP contribution in [0.15, 0.2) is 0 Å². The van der Waals surface area contributed by atoms with E-state index in [9.17, 15) is 0 Å². The van der Waals surface area contributed by atoms with Crippen molar-refractivity contribution in [1.82, 2.24) is 10.2 Å². The van der Waals surface area contributed by atoms with Crippen LogP contribution in [-0.2, 0) is 0 Å². The predicted octanol–water partition coefficient (Wildman–Crippen LogP) is 3.03. The summed E-state index contributed by atoms with van der Waals surface area (Å²) in [6, 6.07) is 1.68. The van der Waals surface area contributed by atoms with Crippen LogP contribution in [0, 0.1) is 5.92 Å². The van der Waals surface area contributed by atoms with Crippen LogP contribution in [-0.4, -0.2) is 37.1 Å². The maximum Gasteiger partial charge on any atom is 0.0107 e. The van der Waals surface area contributed by atoms with E-state index in [1.165, 1.54) is 64.5 Å². The van der Waals surface area contributed by atoms with Crippen molar-refractivity contribution < 1.29 is 0 Å². The van der Waals surface area contributed by atoms with Crippen LogP contribution in [0.3, 0.4) is 0 Å². The normalized spacial score (nSPS) is 31.2. The highest BCUT2D eigenvalue weighted by atomic mass is 15.1. The molecule has 0 heterocycles. The Labute approximate surface area is 107 Å². The van der Waals surface area contributed by atoms with Crippen LogP contribution in [0.1, 0.15) is 58.3 Å². The molecule has 2 atom stereocenters. The van der Waals surface area contributed by atoms with Crippen LogP contribution in [0.25, 0.3) is 0 Å². The third kappa shape index (κ3) is 4.26. The molecule has 2 unspecified atom stereocenters. The molecule has 2 saturated carbocycles. The number of likely N-dealkylation sites (N-methyl/N-ethyl adjacent to an activating group) is 1. The van der Waals surface area contributed by atoms with Crippen molar-refractivity contribution in [2.45, 2.75) is 70.4 Å². The summed E-state index contributed by atoms with van der Waals surface area (Å²) in [4.78, 5) is 2.58. The molecule has 2 rings (SSSR count). The van der Waals surface area contributed by atoms with Gasteiger partial charge in [-0.2, -0.15) is 0 Å². The molecule has 0 bridgehead atoms. The summed E-state index contributed by atoms with van der Waals surface area (Å²) in [6.45, 7) is 4.82. The molecule has 0 saturated heterocycles. The largest absolute Gasteiger partial charge is 0.313 e.